The Morgan fingerprint density at radius 2 is 1.75 bits per heavy atom. The number of carbonyl (C=O) groups is 2. The van der Waals surface area contributed by atoms with Crippen molar-refractivity contribution in [2.75, 3.05) is 20.8 Å². The van der Waals surface area contributed by atoms with E-state index in [1.807, 2.05) is 0 Å². The fraction of sp³-hybridized carbons (Fsp3) is 0.150. The van der Waals surface area contributed by atoms with Gasteiger partial charge in [0.1, 0.15) is 11.6 Å². The topological polar surface area (TPSA) is 95.0 Å². The summed E-state index contributed by atoms with van der Waals surface area (Å²) in [5.74, 6) is -1.26. The third kappa shape index (κ3) is 3.85. The summed E-state index contributed by atoms with van der Waals surface area (Å²) in [4.78, 5) is 27.7. The smallest absolute Gasteiger partial charge is 0.354 e. The van der Waals surface area contributed by atoms with E-state index < -0.39 is 11.8 Å². The molecule has 0 atom stereocenters. The number of aromatic carboxylic acids is 1. The maximum atomic E-state index is 13.6. The van der Waals surface area contributed by atoms with E-state index in [2.05, 4.69) is 4.98 Å². The summed E-state index contributed by atoms with van der Waals surface area (Å²) in [5.41, 5.74) is 0.295. The van der Waals surface area contributed by atoms with Crippen molar-refractivity contribution < 1.29 is 33.3 Å². The number of rotatable bonds is 7. The first-order valence-corrected chi connectivity index (χ1v) is 8.14. The highest BCUT2D eigenvalue weighted by atomic mass is 19.1. The second-order valence-electron chi connectivity index (χ2n) is 5.75. The molecule has 0 aliphatic carbocycles. The first kappa shape index (κ1) is 19.1. The minimum atomic E-state index is -1.26. The molecule has 1 aromatic heterocycles. The second-order valence-corrected chi connectivity index (χ2v) is 5.75. The number of nitrogens with zero attached hydrogens (tertiary/aromatic N) is 1. The van der Waals surface area contributed by atoms with Crippen LogP contribution in [0.5, 0.6) is 17.2 Å². The van der Waals surface area contributed by atoms with Gasteiger partial charge in [0, 0.05) is 17.0 Å². The van der Waals surface area contributed by atoms with Crippen molar-refractivity contribution in [1.82, 2.24) is 4.98 Å². The molecule has 0 aliphatic heterocycles. The van der Waals surface area contributed by atoms with Gasteiger partial charge in [-0.1, -0.05) is 0 Å². The molecule has 1 heterocycles. The minimum absolute atomic E-state index is 0.0516. The average molecular weight is 385 g/mol. The number of aromatic nitrogens is 1. The Morgan fingerprint density at radius 3 is 2.43 bits per heavy atom. The lowest BCUT2D eigenvalue weighted by molar-refractivity contribution is 0.0690. The molecule has 3 rings (SSSR count). The van der Waals surface area contributed by atoms with Gasteiger partial charge in [-0.2, -0.15) is 0 Å². The molecule has 0 unspecified atom stereocenters. The Labute approximate surface area is 159 Å². The number of carbonyl (C=O) groups excluding carboxylic acids is 1. The highest BCUT2D eigenvalue weighted by Gasteiger charge is 2.16. The number of pyridine rings is 1. The summed E-state index contributed by atoms with van der Waals surface area (Å²) in [5, 5.41) is 9.47. The quantitative estimate of drug-likeness (QED) is 0.623. The molecule has 2 aromatic carbocycles. The Morgan fingerprint density at radius 1 is 1.00 bits per heavy atom. The summed E-state index contributed by atoms with van der Waals surface area (Å²) < 4.78 is 29.4. The maximum absolute atomic E-state index is 13.6. The highest BCUT2D eigenvalue weighted by molar-refractivity contribution is 5.98. The molecule has 0 aliphatic rings. The monoisotopic (exact) mass is 385 g/mol. The van der Waals surface area contributed by atoms with Gasteiger partial charge in [-0.25, -0.2) is 14.2 Å². The molecule has 0 bridgehead atoms. The van der Waals surface area contributed by atoms with Gasteiger partial charge in [0.25, 0.3) is 0 Å². The van der Waals surface area contributed by atoms with Crippen molar-refractivity contribution in [3.8, 4) is 17.2 Å². The van der Waals surface area contributed by atoms with Crippen LogP contribution in [0.15, 0.2) is 42.5 Å². The van der Waals surface area contributed by atoms with Gasteiger partial charge < -0.3 is 19.3 Å². The molecule has 0 fully saturated rings. The summed E-state index contributed by atoms with van der Waals surface area (Å²) >= 11 is 0. The van der Waals surface area contributed by atoms with Gasteiger partial charge in [0.05, 0.1) is 19.7 Å². The molecule has 0 saturated heterocycles. The van der Waals surface area contributed by atoms with E-state index in [1.54, 1.807) is 12.1 Å². The van der Waals surface area contributed by atoms with Crippen LogP contribution in [0.3, 0.4) is 0 Å². The van der Waals surface area contributed by atoms with Crippen molar-refractivity contribution in [2.24, 2.45) is 0 Å². The fourth-order valence-corrected chi connectivity index (χ4v) is 2.63. The molecule has 0 amide bonds. The van der Waals surface area contributed by atoms with E-state index in [1.165, 1.54) is 38.5 Å². The third-order valence-corrected chi connectivity index (χ3v) is 4.02. The standard InChI is InChI=1S/C20H16FNO6/c1-26-17-6-3-11(7-19(17)27-2)16(23)10-28-18-9-15(20(24)25)22-14-5-4-12(21)8-13(14)18/h3-9H,10H2,1-2H3,(H,24,25). The Bertz CT molecular complexity index is 1070. The SMILES string of the molecule is COc1ccc(C(=O)COc2cc(C(=O)O)nc3ccc(F)cc23)cc1OC. The average Bonchev–Trinajstić information content (AvgIpc) is 2.70. The molecular weight excluding hydrogens is 369 g/mol. The van der Waals surface area contributed by atoms with E-state index in [-0.39, 0.29) is 34.7 Å². The van der Waals surface area contributed by atoms with Crippen LogP contribution in [0.4, 0.5) is 4.39 Å². The lowest BCUT2D eigenvalue weighted by Gasteiger charge is -2.11. The predicted molar refractivity (Wildman–Crippen MR) is 98.0 cm³/mol. The van der Waals surface area contributed by atoms with Crippen LogP contribution in [0, 0.1) is 5.82 Å². The van der Waals surface area contributed by atoms with Crippen LogP contribution in [-0.2, 0) is 0 Å². The van der Waals surface area contributed by atoms with Gasteiger partial charge in [0.2, 0.25) is 0 Å². The number of hydrogen-bond acceptors (Lipinski definition) is 6. The van der Waals surface area contributed by atoms with Gasteiger partial charge in [0.15, 0.2) is 29.6 Å². The van der Waals surface area contributed by atoms with Crippen LogP contribution >= 0.6 is 0 Å². The van der Waals surface area contributed by atoms with Crippen molar-refractivity contribution >= 4 is 22.7 Å². The molecule has 8 heteroatoms. The number of carboxylic acids is 1. The summed E-state index contributed by atoms with van der Waals surface area (Å²) in [6.07, 6.45) is 0. The normalized spacial score (nSPS) is 10.5. The Balaban J connectivity index is 1.89. The van der Waals surface area contributed by atoms with Crippen molar-refractivity contribution in [3.63, 3.8) is 0 Å². The predicted octanol–water partition coefficient (Wildman–Crippen LogP) is 3.35. The molecule has 1 N–H and O–H groups in total. The van der Waals surface area contributed by atoms with Crippen LogP contribution in [0.25, 0.3) is 10.9 Å². The molecule has 0 spiro atoms. The van der Waals surface area contributed by atoms with Gasteiger partial charge in [-0.05, 0) is 36.4 Å². The number of ether oxygens (including phenoxy) is 3. The maximum Gasteiger partial charge on any atom is 0.354 e. The Kier molecular flexibility index (Phi) is 5.39. The number of ketones is 1. The van der Waals surface area contributed by atoms with Crippen molar-refractivity contribution in [2.45, 2.75) is 0 Å². The number of methoxy groups -OCH3 is 2. The number of Topliss-reactive ketones (excluding diaryl/α,β-unsaturated/α-hetero) is 1. The first-order valence-electron chi connectivity index (χ1n) is 8.14. The summed E-state index contributed by atoms with van der Waals surface area (Å²) in [6.45, 7) is -0.385. The summed E-state index contributed by atoms with van der Waals surface area (Å²) in [7, 11) is 2.93. The van der Waals surface area contributed by atoms with Crippen molar-refractivity contribution in [1.29, 1.82) is 0 Å². The van der Waals surface area contributed by atoms with Crippen LogP contribution in [0.1, 0.15) is 20.8 Å². The van der Waals surface area contributed by atoms with E-state index in [0.29, 0.717) is 17.1 Å². The van der Waals surface area contributed by atoms with Crippen LogP contribution < -0.4 is 14.2 Å². The van der Waals surface area contributed by atoms with E-state index >= 15 is 0 Å². The van der Waals surface area contributed by atoms with E-state index in [0.717, 1.165) is 6.07 Å². The largest absolute Gasteiger partial charge is 0.493 e. The minimum Gasteiger partial charge on any atom is -0.493 e. The van der Waals surface area contributed by atoms with Gasteiger partial charge >= 0.3 is 5.97 Å². The number of hydrogen-bond donors (Lipinski definition) is 1. The molecule has 28 heavy (non-hydrogen) atoms. The van der Waals surface area contributed by atoms with E-state index in [4.69, 9.17) is 14.2 Å². The number of benzene rings is 2. The lowest BCUT2D eigenvalue weighted by atomic mass is 10.1. The molecule has 7 nitrogen and oxygen atoms in total. The number of carboxylic acid groups (broad SMARTS) is 1. The van der Waals surface area contributed by atoms with Gasteiger partial charge in [-0.3, -0.25) is 4.79 Å². The fourth-order valence-electron chi connectivity index (χ4n) is 2.63. The Hall–Kier alpha value is -3.68. The zero-order chi connectivity index (χ0) is 20.3. The summed E-state index contributed by atoms with van der Waals surface area (Å²) in [6, 6.07) is 9.50. The molecule has 0 radical (unpaired) electrons. The second kappa shape index (κ2) is 7.91. The molecule has 144 valence electrons. The number of fused-ring (bicyclic) bond motifs is 1. The molecular formula is C20H16FNO6. The zero-order valence-corrected chi connectivity index (χ0v) is 15.1. The van der Waals surface area contributed by atoms with Crippen LogP contribution in [-0.4, -0.2) is 42.7 Å². The van der Waals surface area contributed by atoms with Gasteiger partial charge in [-0.15, -0.1) is 0 Å². The highest BCUT2D eigenvalue weighted by Crippen LogP contribution is 2.29. The molecule has 0 saturated carbocycles. The first-order chi connectivity index (χ1) is 13.4. The van der Waals surface area contributed by atoms with E-state index in [9.17, 15) is 19.1 Å². The van der Waals surface area contributed by atoms with Crippen LogP contribution in [0.2, 0.25) is 0 Å². The number of halogens is 1. The zero-order valence-electron chi connectivity index (χ0n) is 15.1. The lowest BCUT2D eigenvalue weighted by Crippen LogP contribution is -2.13. The third-order valence-electron chi connectivity index (χ3n) is 4.02. The van der Waals surface area contributed by atoms with Crippen molar-refractivity contribution in [3.05, 3.63) is 59.5 Å². The molecule has 3 aromatic rings.